The molecule has 0 radical (unpaired) electrons. The van der Waals surface area contributed by atoms with Crippen LogP contribution < -0.4 is 10.6 Å². The van der Waals surface area contributed by atoms with E-state index in [-0.39, 0.29) is 0 Å². The second-order valence-electron chi connectivity index (χ2n) is 5.20. The highest BCUT2D eigenvalue weighted by atomic mass is 15.2. The Bertz CT molecular complexity index is 371. The quantitative estimate of drug-likeness (QED) is 0.764. The Morgan fingerprint density at radius 3 is 2.73 bits per heavy atom. The molecule has 1 aromatic rings. The summed E-state index contributed by atoms with van der Waals surface area (Å²) in [7, 11) is 0. The van der Waals surface area contributed by atoms with Crippen LogP contribution >= 0.6 is 0 Å². The number of anilines is 2. The van der Waals surface area contributed by atoms with Crippen LogP contribution in [0.25, 0.3) is 0 Å². The number of rotatable bonds is 1. The minimum Gasteiger partial charge on any atom is -0.396 e. The van der Waals surface area contributed by atoms with Gasteiger partial charge < -0.3 is 10.6 Å². The zero-order valence-electron chi connectivity index (χ0n) is 9.75. The highest BCUT2D eigenvalue weighted by molar-refractivity contribution is 5.63. The molecule has 1 fully saturated rings. The predicted octanol–water partition coefficient (Wildman–Crippen LogP) is 2.21. The smallest absolute Gasteiger partial charge is 0.152 e. The molecule has 0 unspecified atom stereocenters. The Morgan fingerprint density at radius 1 is 1.40 bits per heavy atom. The lowest BCUT2D eigenvalue weighted by Crippen LogP contribution is -2.24. The number of hydrogen-bond acceptors (Lipinski definition) is 3. The lowest BCUT2D eigenvalue weighted by molar-refractivity contribution is 0.418. The second-order valence-corrected chi connectivity index (χ2v) is 5.20. The zero-order chi connectivity index (χ0) is 11.1. The first-order valence-electron chi connectivity index (χ1n) is 5.46. The Labute approximate surface area is 91.3 Å². The Kier molecular flexibility index (Phi) is 2.33. The van der Waals surface area contributed by atoms with E-state index in [1.54, 1.807) is 0 Å². The van der Waals surface area contributed by atoms with Crippen molar-refractivity contribution >= 4 is 11.5 Å². The molecular formula is C12H19N3. The van der Waals surface area contributed by atoms with Crippen LogP contribution in [0.4, 0.5) is 11.5 Å². The summed E-state index contributed by atoms with van der Waals surface area (Å²) in [4.78, 5) is 6.82. The average molecular weight is 205 g/mol. The molecule has 0 amide bonds. The number of aryl methyl sites for hydroxylation is 1. The van der Waals surface area contributed by atoms with E-state index in [0.29, 0.717) is 5.41 Å². The SMILES string of the molecule is Cc1ccc(N)c(N2CCC(C)(C)C2)n1. The van der Waals surface area contributed by atoms with Gasteiger partial charge in [0.25, 0.3) is 0 Å². The van der Waals surface area contributed by atoms with Crippen molar-refractivity contribution in [2.75, 3.05) is 23.7 Å². The fourth-order valence-corrected chi connectivity index (χ4v) is 2.10. The van der Waals surface area contributed by atoms with Gasteiger partial charge in [0.2, 0.25) is 0 Å². The molecule has 1 aliphatic heterocycles. The maximum atomic E-state index is 5.95. The summed E-state index contributed by atoms with van der Waals surface area (Å²) in [6, 6.07) is 3.91. The van der Waals surface area contributed by atoms with E-state index in [4.69, 9.17) is 5.73 Å². The fraction of sp³-hybridized carbons (Fsp3) is 0.583. The fourth-order valence-electron chi connectivity index (χ4n) is 2.10. The third-order valence-electron chi connectivity index (χ3n) is 3.02. The second kappa shape index (κ2) is 3.40. The topological polar surface area (TPSA) is 42.1 Å². The summed E-state index contributed by atoms with van der Waals surface area (Å²) < 4.78 is 0. The number of aromatic nitrogens is 1. The van der Waals surface area contributed by atoms with Crippen LogP contribution in [-0.4, -0.2) is 18.1 Å². The molecule has 2 heterocycles. The van der Waals surface area contributed by atoms with E-state index in [0.717, 1.165) is 30.3 Å². The summed E-state index contributed by atoms with van der Waals surface area (Å²) in [5, 5.41) is 0. The number of nitrogens with two attached hydrogens (primary N) is 1. The van der Waals surface area contributed by atoms with Gasteiger partial charge in [-0.15, -0.1) is 0 Å². The molecule has 0 atom stereocenters. The van der Waals surface area contributed by atoms with Gasteiger partial charge in [-0.1, -0.05) is 13.8 Å². The Balaban J connectivity index is 2.27. The van der Waals surface area contributed by atoms with Crippen molar-refractivity contribution in [3.8, 4) is 0 Å². The summed E-state index contributed by atoms with van der Waals surface area (Å²) >= 11 is 0. The standard InChI is InChI=1S/C12H19N3/c1-9-4-5-10(13)11(14-9)15-7-6-12(2,3)8-15/h4-5H,6-8,13H2,1-3H3. The number of pyridine rings is 1. The monoisotopic (exact) mass is 205 g/mol. The van der Waals surface area contributed by atoms with Gasteiger partial charge in [0.1, 0.15) is 0 Å². The van der Waals surface area contributed by atoms with E-state index >= 15 is 0 Å². The molecule has 0 spiro atoms. The third kappa shape index (κ3) is 2.06. The van der Waals surface area contributed by atoms with E-state index < -0.39 is 0 Å². The molecule has 1 aliphatic rings. The highest BCUT2D eigenvalue weighted by Crippen LogP contribution is 2.33. The molecule has 0 aliphatic carbocycles. The average Bonchev–Trinajstić information content (AvgIpc) is 2.50. The van der Waals surface area contributed by atoms with Gasteiger partial charge in [-0.3, -0.25) is 0 Å². The molecule has 0 saturated carbocycles. The van der Waals surface area contributed by atoms with Crippen LogP contribution in [0.1, 0.15) is 26.0 Å². The maximum absolute atomic E-state index is 5.95. The molecule has 3 heteroatoms. The number of nitrogen functional groups attached to an aromatic ring is 1. The molecule has 1 aromatic heterocycles. The molecule has 82 valence electrons. The molecule has 0 bridgehead atoms. The van der Waals surface area contributed by atoms with Crippen molar-refractivity contribution in [2.24, 2.45) is 5.41 Å². The highest BCUT2D eigenvalue weighted by Gasteiger charge is 2.30. The van der Waals surface area contributed by atoms with Gasteiger partial charge in [0.05, 0.1) is 5.69 Å². The van der Waals surface area contributed by atoms with Crippen molar-refractivity contribution in [3.63, 3.8) is 0 Å². The van der Waals surface area contributed by atoms with Crippen LogP contribution in [0.5, 0.6) is 0 Å². The van der Waals surface area contributed by atoms with Gasteiger partial charge in [-0.25, -0.2) is 4.98 Å². The molecule has 2 rings (SSSR count). The predicted molar refractivity (Wildman–Crippen MR) is 64.0 cm³/mol. The van der Waals surface area contributed by atoms with E-state index in [2.05, 4.69) is 23.7 Å². The van der Waals surface area contributed by atoms with Crippen molar-refractivity contribution in [1.82, 2.24) is 4.98 Å². The zero-order valence-corrected chi connectivity index (χ0v) is 9.75. The largest absolute Gasteiger partial charge is 0.396 e. The van der Waals surface area contributed by atoms with Gasteiger partial charge >= 0.3 is 0 Å². The lowest BCUT2D eigenvalue weighted by Gasteiger charge is -2.22. The van der Waals surface area contributed by atoms with Gasteiger partial charge in [-0.2, -0.15) is 0 Å². The van der Waals surface area contributed by atoms with Crippen molar-refractivity contribution in [3.05, 3.63) is 17.8 Å². The molecule has 3 nitrogen and oxygen atoms in total. The molecule has 0 aromatic carbocycles. The van der Waals surface area contributed by atoms with Gasteiger partial charge in [0, 0.05) is 18.8 Å². The van der Waals surface area contributed by atoms with Crippen molar-refractivity contribution in [2.45, 2.75) is 27.2 Å². The Hall–Kier alpha value is -1.25. The third-order valence-corrected chi connectivity index (χ3v) is 3.02. The van der Waals surface area contributed by atoms with Crippen molar-refractivity contribution in [1.29, 1.82) is 0 Å². The van der Waals surface area contributed by atoms with Crippen LogP contribution in [0, 0.1) is 12.3 Å². The maximum Gasteiger partial charge on any atom is 0.152 e. The molecule has 1 saturated heterocycles. The van der Waals surface area contributed by atoms with Gasteiger partial charge in [-0.05, 0) is 30.9 Å². The molecular weight excluding hydrogens is 186 g/mol. The first-order chi connectivity index (χ1) is 6.98. The van der Waals surface area contributed by atoms with Crippen LogP contribution in [0.2, 0.25) is 0 Å². The Morgan fingerprint density at radius 2 is 2.13 bits per heavy atom. The first-order valence-corrected chi connectivity index (χ1v) is 5.46. The molecule has 15 heavy (non-hydrogen) atoms. The normalized spacial score (nSPS) is 19.5. The number of hydrogen-bond donors (Lipinski definition) is 1. The van der Waals surface area contributed by atoms with E-state index in [9.17, 15) is 0 Å². The summed E-state index contributed by atoms with van der Waals surface area (Å²) in [5.74, 6) is 0.959. The summed E-state index contributed by atoms with van der Waals surface area (Å²) in [6.45, 7) is 8.70. The summed E-state index contributed by atoms with van der Waals surface area (Å²) in [6.07, 6.45) is 1.21. The molecule has 2 N–H and O–H groups in total. The van der Waals surface area contributed by atoms with E-state index in [1.807, 2.05) is 19.1 Å². The van der Waals surface area contributed by atoms with Crippen LogP contribution in [-0.2, 0) is 0 Å². The minimum atomic E-state index is 0.387. The minimum absolute atomic E-state index is 0.387. The first kappa shape index (κ1) is 10.3. The van der Waals surface area contributed by atoms with Gasteiger partial charge in [0.15, 0.2) is 5.82 Å². The van der Waals surface area contributed by atoms with Crippen LogP contribution in [0.3, 0.4) is 0 Å². The van der Waals surface area contributed by atoms with Crippen LogP contribution in [0.15, 0.2) is 12.1 Å². The van der Waals surface area contributed by atoms with Crippen molar-refractivity contribution < 1.29 is 0 Å². The van der Waals surface area contributed by atoms with E-state index in [1.165, 1.54) is 6.42 Å². The summed E-state index contributed by atoms with van der Waals surface area (Å²) in [5.41, 5.74) is 8.16. The lowest BCUT2D eigenvalue weighted by atomic mass is 9.93. The number of nitrogens with zero attached hydrogens (tertiary/aromatic N) is 2.